The van der Waals surface area contributed by atoms with Gasteiger partial charge < -0.3 is 10.1 Å². The van der Waals surface area contributed by atoms with Gasteiger partial charge in [-0.15, -0.1) is 0 Å². The van der Waals surface area contributed by atoms with Crippen molar-refractivity contribution in [3.63, 3.8) is 0 Å². The van der Waals surface area contributed by atoms with Crippen LogP contribution in [0.15, 0.2) is 60.7 Å². The predicted molar refractivity (Wildman–Crippen MR) is 119 cm³/mol. The SMILES string of the molecule is O=C(O)/C=C/c1ccc(Cc2nc(CN3CCCCC3)c(-c3ccccc3)[nH]2)cc1. The van der Waals surface area contributed by atoms with E-state index in [-0.39, 0.29) is 0 Å². The molecule has 2 heterocycles. The van der Waals surface area contributed by atoms with Gasteiger partial charge in [-0.05, 0) is 48.7 Å². The van der Waals surface area contributed by atoms with Crippen LogP contribution < -0.4 is 0 Å². The molecule has 1 fully saturated rings. The summed E-state index contributed by atoms with van der Waals surface area (Å²) in [6, 6.07) is 18.3. The molecule has 2 aromatic carbocycles. The van der Waals surface area contributed by atoms with Crippen LogP contribution in [0.3, 0.4) is 0 Å². The van der Waals surface area contributed by atoms with Crippen LogP contribution in [-0.2, 0) is 17.8 Å². The second-order valence-corrected chi connectivity index (χ2v) is 7.80. The van der Waals surface area contributed by atoms with Crippen LogP contribution in [0, 0.1) is 0 Å². The van der Waals surface area contributed by atoms with Crippen molar-refractivity contribution in [2.24, 2.45) is 0 Å². The van der Waals surface area contributed by atoms with Gasteiger partial charge in [-0.2, -0.15) is 0 Å². The van der Waals surface area contributed by atoms with Crippen molar-refractivity contribution >= 4 is 12.0 Å². The van der Waals surface area contributed by atoms with E-state index in [1.165, 1.54) is 19.3 Å². The third-order valence-electron chi connectivity index (χ3n) is 5.48. The molecule has 0 bridgehead atoms. The van der Waals surface area contributed by atoms with Crippen molar-refractivity contribution in [2.45, 2.75) is 32.2 Å². The Kier molecular flexibility index (Phi) is 6.40. The minimum absolute atomic E-state index is 0.711. The fraction of sp³-hybridized carbons (Fsp3) is 0.280. The normalized spacial score (nSPS) is 14.9. The van der Waals surface area contributed by atoms with Crippen LogP contribution >= 0.6 is 0 Å². The first-order valence-corrected chi connectivity index (χ1v) is 10.5. The van der Waals surface area contributed by atoms with Crippen molar-refractivity contribution in [3.05, 3.63) is 83.3 Å². The number of hydrogen-bond acceptors (Lipinski definition) is 3. The number of nitrogens with one attached hydrogen (secondary N) is 1. The molecule has 1 aromatic heterocycles. The van der Waals surface area contributed by atoms with Gasteiger partial charge in [0, 0.05) is 19.0 Å². The Morgan fingerprint density at radius 3 is 2.47 bits per heavy atom. The lowest BCUT2D eigenvalue weighted by Gasteiger charge is -2.25. The van der Waals surface area contributed by atoms with Gasteiger partial charge in [-0.1, -0.05) is 61.0 Å². The van der Waals surface area contributed by atoms with E-state index in [1.54, 1.807) is 6.08 Å². The van der Waals surface area contributed by atoms with Gasteiger partial charge in [0.05, 0.1) is 11.4 Å². The van der Waals surface area contributed by atoms with E-state index in [9.17, 15) is 4.79 Å². The van der Waals surface area contributed by atoms with Gasteiger partial charge in [0.2, 0.25) is 0 Å². The molecular formula is C25H27N3O2. The minimum atomic E-state index is -0.940. The lowest BCUT2D eigenvalue weighted by Crippen LogP contribution is -2.29. The quantitative estimate of drug-likeness (QED) is 0.561. The molecule has 154 valence electrons. The minimum Gasteiger partial charge on any atom is -0.478 e. The number of aliphatic carboxylic acids is 1. The summed E-state index contributed by atoms with van der Waals surface area (Å²) in [4.78, 5) is 21.7. The van der Waals surface area contributed by atoms with Gasteiger partial charge in [0.1, 0.15) is 5.82 Å². The van der Waals surface area contributed by atoms with Gasteiger partial charge in [-0.25, -0.2) is 9.78 Å². The molecule has 0 atom stereocenters. The highest BCUT2D eigenvalue weighted by atomic mass is 16.4. The first-order chi connectivity index (χ1) is 14.7. The number of aromatic amines is 1. The molecule has 5 nitrogen and oxygen atoms in total. The van der Waals surface area contributed by atoms with Crippen LogP contribution in [0.1, 0.15) is 41.9 Å². The standard InChI is InChI=1S/C25H27N3O2/c29-24(30)14-13-19-9-11-20(12-10-19)17-23-26-22(18-28-15-5-2-6-16-28)25(27-23)21-7-3-1-4-8-21/h1,3-4,7-14H,2,5-6,15-18H2,(H,26,27)(H,29,30)/b14-13+. The van der Waals surface area contributed by atoms with Crippen LogP contribution in [0.2, 0.25) is 0 Å². The smallest absolute Gasteiger partial charge is 0.328 e. The Hall–Kier alpha value is -3.18. The Balaban J connectivity index is 1.55. The molecule has 0 radical (unpaired) electrons. The summed E-state index contributed by atoms with van der Waals surface area (Å²) in [5.74, 6) is 0.0130. The number of hydrogen-bond donors (Lipinski definition) is 2. The first kappa shape index (κ1) is 20.1. The van der Waals surface area contributed by atoms with Crippen LogP contribution in [-0.4, -0.2) is 39.0 Å². The predicted octanol–water partition coefficient (Wildman–Crippen LogP) is 4.75. The van der Waals surface area contributed by atoms with E-state index in [0.29, 0.717) is 6.42 Å². The second-order valence-electron chi connectivity index (χ2n) is 7.80. The van der Waals surface area contributed by atoms with Crippen molar-refractivity contribution in [3.8, 4) is 11.3 Å². The molecule has 0 saturated carbocycles. The number of carboxylic acids is 1. The fourth-order valence-corrected chi connectivity index (χ4v) is 3.94. The summed E-state index contributed by atoms with van der Waals surface area (Å²) in [6.45, 7) is 3.16. The van der Waals surface area contributed by atoms with E-state index in [1.807, 2.05) is 30.3 Å². The molecule has 4 rings (SSSR count). The molecule has 0 unspecified atom stereocenters. The molecule has 0 amide bonds. The zero-order chi connectivity index (χ0) is 20.8. The highest BCUT2D eigenvalue weighted by Crippen LogP contribution is 2.25. The Labute approximate surface area is 177 Å². The number of imidazole rings is 1. The number of nitrogens with zero attached hydrogens (tertiary/aromatic N) is 2. The zero-order valence-electron chi connectivity index (χ0n) is 17.1. The van der Waals surface area contributed by atoms with Crippen LogP contribution in [0.5, 0.6) is 0 Å². The summed E-state index contributed by atoms with van der Waals surface area (Å²) in [5.41, 5.74) is 5.39. The molecular weight excluding hydrogens is 374 g/mol. The number of aromatic nitrogens is 2. The second kappa shape index (κ2) is 9.55. The van der Waals surface area contributed by atoms with E-state index in [0.717, 1.165) is 59.6 Å². The summed E-state index contributed by atoms with van der Waals surface area (Å²) >= 11 is 0. The topological polar surface area (TPSA) is 69.2 Å². The number of carboxylic acid groups (broad SMARTS) is 1. The van der Waals surface area contributed by atoms with Crippen molar-refractivity contribution in [2.75, 3.05) is 13.1 Å². The lowest BCUT2D eigenvalue weighted by molar-refractivity contribution is -0.131. The maximum Gasteiger partial charge on any atom is 0.328 e. The Bertz CT molecular complexity index is 1000. The third-order valence-corrected chi connectivity index (χ3v) is 5.48. The number of carbonyl (C=O) groups is 1. The van der Waals surface area contributed by atoms with Crippen LogP contribution in [0.25, 0.3) is 17.3 Å². The Morgan fingerprint density at radius 1 is 1.03 bits per heavy atom. The molecule has 1 aliphatic rings. The number of rotatable bonds is 7. The number of benzene rings is 2. The molecule has 2 N–H and O–H groups in total. The molecule has 0 aliphatic carbocycles. The van der Waals surface area contributed by atoms with Crippen molar-refractivity contribution < 1.29 is 9.90 Å². The maximum atomic E-state index is 10.7. The summed E-state index contributed by atoms with van der Waals surface area (Å²) < 4.78 is 0. The average Bonchev–Trinajstić information content (AvgIpc) is 3.16. The van der Waals surface area contributed by atoms with E-state index in [4.69, 9.17) is 10.1 Å². The number of H-pyrrole nitrogens is 1. The molecule has 1 saturated heterocycles. The van der Waals surface area contributed by atoms with Gasteiger partial charge in [-0.3, -0.25) is 4.90 Å². The van der Waals surface area contributed by atoms with Gasteiger partial charge >= 0.3 is 5.97 Å². The molecule has 5 heteroatoms. The monoisotopic (exact) mass is 401 g/mol. The lowest BCUT2D eigenvalue weighted by atomic mass is 10.1. The summed E-state index contributed by atoms with van der Waals surface area (Å²) in [5, 5.41) is 8.76. The molecule has 0 spiro atoms. The zero-order valence-corrected chi connectivity index (χ0v) is 17.1. The number of likely N-dealkylation sites (tertiary alicyclic amines) is 1. The van der Waals surface area contributed by atoms with E-state index < -0.39 is 5.97 Å². The summed E-state index contributed by atoms with van der Waals surface area (Å²) in [6.07, 6.45) is 7.32. The molecule has 3 aromatic rings. The third kappa shape index (κ3) is 5.24. The molecule has 1 aliphatic heterocycles. The number of piperidine rings is 1. The van der Waals surface area contributed by atoms with Crippen LogP contribution in [0.4, 0.5) is 0 Å². The maximum absolute atomic E-state index is 10.7. The largest absolute Gasteiger partial charge is 0.478 e. The van der Waals surface area contributed by atoms with E-state index in [2.05, 4.69) is 34.1 Å². The van der Waals surface area contributed by atoms with E-state index >= 15 is 0 Å². The fourth-order valence-electron chi connectivity index (χ4n) is 3.94. The molecule has 30 heavy (non-hydrogen) atoms. The van der Waals surface area contributed by atoms with Crippen molar-refractivity contribution in [1.82, 2.24) is 14.9 Å². The highest BCUT2D eigenvalue weighted by molar-refractivity contribution is 5.85. The van der Waals surface area contributed by atoms with Gasteiger partial charge in [0.25, 0.3) is 0 Å². The summed E-state index contributed by atoms with van der Waals surface area (Å²) in [7, 11) is 0. The van der Waals surface area contributed by atoms with Gasteiger partial charge in [0.15, 0.2) is 0 Å². The highest BCUT2D eigenvalue weighted by Gasteiger charge is 2.17. The first-order valence-electron chi connectivity index (χ1n) is 10.5. The Morgan fingerprint density at radius 2 is 1.77 bits per heavy atom. The van der Waals surface area contributed by atoms with Crippen molar-refractivity contribution in [1.29, 1.82) is 0 Å². The average molecular weight is 402 g/mol.